The zero-order chi connectivity index (χ0) is 28.5. The molecule has 9 heteroatoms. The third-order valence-corrected chi connectivity index (χ3v) is 7.37. The highest BCUT2D eigenvalue weighted by Gasteiger charge is 2.24. The summed E-state index contributed by atoms with van der Waals surface area (Å²) in [7, 11) is 0. The molecule has 2 aromatic carbocycles. The monoisotopic (exact) mass is 565 g/mol. The molecule has 1 aliphatic heterocycles. The van der Waals surface area contributed by atoms with Crippen molar-refractivity contribution >= 4 is 29.1 Å². The van der Waals surface area contributed by atoms with Crippen LogP contribution in [-0.4, -0.2) is 58.0 Å². The molecule has 1 aliphatic rings. The number of halogens is 1. The number of hydrogen-bond donors (Lipinski definition) is 0. The van der Waals surface area contributed by atoms with Crippen LogP contribution in [0, 0.1) is 0 Å². The fourth-order valence-corrected chi connectivity index (χ4v) is 5.11. The summed E-state index contributed by atoms with van der Waals surface area (Å²) in [5.41, 5.74) is 2.93. The average Bonchev–Trinajstić information content (AvgIpc) is 3.41. The van der Waals surface area contributed by atoms with Gasteiger partial charge in [-0.25, -0.2) is 0 Å². The normalized spacial score (nSPS) is 15.1. The first kappa shape index (κ1) is 29.7. The number of carbonyl (C=O) groups excluding carboxylic acids is 2. The van der Waals surface area contributed by atoms with Gasteiger partial charge in [0.2, 0.25) is 23.6 Å². The standard InChI is InChI=1S/C31H40ClN5O3/c1-4-9-30(39)37-17-8-16-35(21-24-10-6-5-7-11-24)18-19-36(22-25-12-13-26(32)20-27(25)37)29(38)15-14-28-33-34-31(40-28)23(2)3/h5-7,10-13,20,23H,4,8-9,14-19,21-22H2,1-3H3. The van der Waals surface area contributed by atoms with Gasteiger partial charge in [-0.05, 0) is 36.1 Å². The minimum absolute atomic E-state index is 0.00976. The lowest BCUT2D eigenvalue weighted by molar-refractivity contribution is -0.132. The molecule has 214 valence electrons. The van der Waals surface area contributed by atoms with Crippen LogP contribution in [0.3, 0.4) is 0 Å². The van der Waals surface area contributed by atoms with Crippen LogP contribution in [0.1, 0.15) is 75.3 Å². The predicted octanol–water partition coefficient (Wildman–Crippen LogP) is 5.85. The summed E-state index contributed by atoms with van der Waals surface area (Å²) in [6.45, 7) is 9.88. The van der Waals surface area contributed by atoms with Crippen LogP contribution in [0.5, 0.6) is 0 Å². The first-order chi connectivity index (χ1) is 19.3. The van der Waals surface area contributed by atoms with Crippen molar-refractivity contribution in [1.82, 2.24) is 20.0 Å². The molecule has 0 bridgehead atoms. The van der Waals surface area contributed by atoms with Gasteiger partial charge < -0.3 is 14.2 Å². The summed E-state index contributed by atoms with van der Waals surface area (Å²) in [6, 6.07) is 16.0. The van der Waals surface area contributed by atoms with Gasteiger partial charge in [0.05, 0.1) is 5.69 Å². The van der Waals surface area contributed by atoms with Crippen LogP contribution in [0.2, 0.25) is 5.02 Å². The smallest absolute Gasteiger partial charge is 0.226 e. The highest BCUT2D eigenvalue weighted by molar-refractivity contribution is 6.31. The number of carbonyl (C=O) groups is 2. The summed E-state index contributed by atoms with van der Waals surface area (Å²) in [5.74, 6) is 1.28. The molecule has 8 nitrogen and oxygen atoms in total. The van der Waals surface area contributed by atoms with Gasteiger partial charge in [-0.1, -0.05) is 68.8 Å². The van der Waals surface area contributed by atoms with Crippen molar-refractivity contribution in [1.29, 1.82) is 0 Å². The number of anilines is 1. The van der Waals surface area contributed by atoms with E-state index in [2.05, 4.69) is 27.2 Å². The zero-order valence-corrected chi connectivity index (χ0v) is 24.6. The molecule has 0 fully saturated rings. The zero-order valence-electron chi connectivity index (χ0n) is 23.8. The van der Waals surface area contributed by atoms with Gasteiger partial charge >= 0.3 is 0 Å². The summed E-state index contributed by atoms with van der Waals surface area (Å²) >= 11 is 6.43. The van der Waals surface area contributed by atoms with Gasteiger partial charge in [0.15, 0.2) is 0 Å². The molecule has 0 N–H and O–H groups in total. The number of rotatable bonds is 8. The molecule has 0 atom stereocenters. The van der Waals surface area contributed by atoms with Crippen LogP contribution in [-0.2, 0) is 29.1 Å². The summed E-state index contributed by atoms with van der Waals surface area (Å²) in [6.07, 6.45) is 2.70. The van der Waals surface area contributed by atoms with Crippen LogP contribution in [0.15, 0.2) is 52.9 Å². The van der Waals surface area contributed by atoms with E-state index in [4.69, 9.17) is 16.0 Å². The van der Waals surface area contributed by atoms with Crippen molar-refractivity contribution in [2.75, 3.05) is 31.1 Å². The maximum atomic E-state index is 13.6. The Labute approximate surface area is 242 Å². The summed E-state index contributed by atoms with van der Waals surface area (Å²) in [4.78, 5) is 33.0. The second kappa shape index (κ2) is 14.4. The predicted molar refractivity (Wildman–Crippen MR) is 157 cm³/mol. The van der Waals surface area contributed by atoms with Crippen LogP contribution in [0.4, 0.5) is 5.69 Å². The van der Waals surface area contributed by atoms with Crippen molar-refractivity contribution in [2.45, 2.75) is 71.9 Å². The Morgan fingerprint density at radius 1 is 0.975 bits per heavy atom. The molecule has 1 aromatic heterocycles. The Bertz CT molecular complexity index is 1260. The minimum Gasteiger partial charge on any atom is -0.425 e. The fraction of sp³-hybridized carbons (Fsp3) is 0.484. The molecule has 40 heavy (non-hydrogen) atoms. The molecule has 0 unspecified atom stereocenters. The Morgan fingerprint density at radius 3 is 2.50 bits per heavy atom. The van der Waals surface area contributed by atoms with Gasteiger partial charge in [0, 0.05) is 69.5 Å². The lowest BCUT2D eigenvalue weighted by Gasteiger charge is -2.28. The molecule has 2 heterocycles. The molecule has 0 aliphatic carbocycles. The maximum Gasteiger partial charge on any atom is 0.226 e. The summed E-state index contributed by atoms with van der Waals surface area (Å²) in [5, 5.41) is 8.79. The first-order valence-corrected chi connectivity index (χ1v) is 14.7. The molecule has 0 spiro atoms. The molecule has 0 radical (unpaired) electrons. The molecular weight excluding hydrogens is 526 g/mol. The van der Waals surface area contributed by atoms with Gasteiger partial charge in [-0.15, -0.1) is 10.2 Å². The van der Waals surface area contributed by atoms with E-state index < -0.39 is 0 Å². The minimum atomic E-state index is 0.00976. The van der Waals surface area contributed by atoms with Crippen molar-refractivity contribution in [3.63, 3.8) is 0 Å². The van der Waals surface area contributed by atoms with Crippen molar-refractivity contribution in [3.8, 4) is 0 Å². The lowest BCUT2D eigenvalue weighted by atomic mass is 10.1. The summed E-state index contributed by atoms with van der Waals surface area (Å²) < 4.78 is 5.74. The van der Waals surface area contributed by atoms with E-state index in [1.165, 1.54) is 5.56 Å². The van der Waals surface area contributed by atoms with Crippen molar-refractivity contribution in [2.24, 2.45) is 0 Å². The Kier molecular flexibility index (Phi) is 10.7. The topological polar surface area (TPSA) is 82.8 Å². The number of amides is 2. The number of aromatic nitrogens is 2. The molecule has 2 amide bonds. The first-order valence-electron chi connectivity index (χ1n) is 14.3. The van der Waals surface area contributed by atoms with Crippen molar-refractivity contribution < 1.29 is 14.0 Å². The van der Waals surface area contributed by atoms with Crippen LogP contribution in [0.25, 0.3) is 0 Å². The van der Waals surface area contributed by atoms with Gasteiger partial charge in [0.1, 0.15) is 0 Å². The SMILES string of the molecule is CCCC(=O)N1CCCN(Cc2ccccc2)CCN(C(=O)CCc2nnc(C(C)C)o2)Cc2ccc(Cl)cc21. The Balaban J connectivity index is 1.60. The van der Waals surface area contributed by atoms with E-state index >= 15 is 0 Å². The highest BCUT2D eigenvalue weighted by atomic mass is 35.5. The number of fused-ring (bicyclic) bond motifs is 1. The average molecular weight is 566 g/mol. The van der Waals surface area contributed by atoms with E-state index in [0.29, 0.717) is 49.3 Å². The van der Waals surface area contributed by atoms with E-state index in [1.54, 1.807) is 0 Å². The molecular formula is C31H40ClN5O3. The third kappa shape index (κ3) is 8.15. The number of aryl methyl sites for hydroxylation is 1. The largest absolute Gasteiger partial charge is 0.425 e. The maximum absolute atomic E-state index is 13.6. The number of nitrogens with zero attached hydrogens (tertiary/aromatic N) is 5. The lowest BCUT2D eigenvalue weighted by Crippen LogP contribution is -2.38. The molecule has 4 rings (SSSR count). The molecule has 0 saturated carbocycles. The van der Waals surface area contributed by atoms with Gasteiger partial charge in [-0.2, -0.15) is 0 Å². The van der Waals surface area contributed by atoms with Gasteiger partial charge in [0.25, 0.3) is 0 Å². The number of benzene rings is 2. The Morgan fingerprint density at radius 2 is 1.77 bits per heavy atom. The second-order valence-electron chi connectivity index (χ2n) is 10.7. The van der Waals surface area contributed by atoms with Crippen LogP contribution >= 0.6 is 11.6 Å². The van der Waals surface area contributed by atoms with E-state index in [0.717, 1.165) is 43.7 Å². The number of hydrogen-bond acceptors (Lipinski definition) is 6. The van der Waals surface area contributed by atoms with E-state index in [1.807, 2.05) is 67.0 Å². The van der Waals surface area contributed by atoms with Crippen molar-refractivity contribution in [3.05, 3.63) is 76.5 Å². The second-order valence-corrected chi connectivity index (χ2v) is 11.1. The van der Waals surface area contributed by atoms with Gasteiger partial charge in [-0.3, -0.25) is 14.5 Å². The Hall–Kier alpha value is -3.23. The highest BCUT2D eigenvalue weighted by Crippen LogP contribution is 2.28. The fourth-order valence-electron chi connectivity index (χ4n) is 4.95. The molecule has 0 saturated heterocycles. The molecule has 3 aromatic rings. The third-order valence-electron chi connectivity index (χ3n) is 7.14. The van der Waals surface area contributed by atoms with E-state index in [9.17, 15) is 9.59 Å². The van der Waals surface area contributed by atoms with Crippen LogP contribution < -0.4 is 4.90 Å². The quantitative estimate of drug-likeness (QED) is 0.341. The van der Waals surface area contributed by atoms with E-state index in [-0.39, 0.29) is 24.2 Å².